The third kappa shape index (κ3) is 1.94. The van der Waals surface area contributed by atoms with Gasteiger partial charge < -0.3 is 15.2 Å². The topological polar surface area (TPSA) is 44.5 Å². The normalized spacial score (nSPS) is 33.0. The molecule has 0 aromatic carbocycles. The van der Waals surface area contributed by atoms with Crippen molar-refractivity contribution in [3.05, 3.63) is 0 Å². The zero-order valence-electron chi connectivity index (χ0n) is 6.38. The average Bonchev–Trinajstić information content (AvgIpc) is 2.31. The zero-order valence-corrected chi connectivity index (χ0v) is 6.38. The van der Waals surface area contributed by atoms with Gasteiger partial charge in [0.05, 0.1) is 18.8 Å². The lowest BCUT2D eigenvalue weighted by molar-refractivity contribution is 0.00319. The van der Waals surface area contributed by atoms with E-state index in [0.29, 0.717) is 13.2 Å². The molecule has 0 aromatic rings. The van der Waals surface area contributed by atoms with Crippen LogP contribution in [0.5, 0.6) is 0 Å². The molecule has 2 atom stereocenters. The van der Waals surface area contributed by atoms with Crippen LogP contribution >= 0.6 is 0 Å². The first-order valence-corrected chi connectivity index (χ1v) is 3.78. The smallest absolute Gasteiger partial charge is 0.0856 e. The van der Waals surface area contributed by atoms with Gasteiger partial charge in [-0.05, 0) is 13.3 Å². The highest BCUT2D eigenvalue weighted by molar-refractivity contribution is 4.72. The van der Waals surface area contributed by atoms with Crippen LogP contribution in [0.3, 0.4) is 0 Å². The Morgan fingerprint density at radius 2 is 2.50 bits per heavy atom. The van der Waals surface area contributed by atoms with Crippen LogP contribution in [0, 0.1) is 0 Å². The van der Waals surface area contributed by atoms with E-state index < -0.39 is 0 Å². The van der Waals surface area contributed by atoms with Crippen LogP contribution in [0.25, 0.3) is 0 Å². The maximum absolute atomic E-state index is 5.41. The molecule has 1 aliphatic rings. The molecule has 0 radical (unpaired) electrons. The number of ether oxygens (including phenoxy) is 2. The minimum absolute atomic E-state index is 0.256. The van der Waals surface area contributed by atoms with Gasteiger partial charge in [0.25, 0.3) is 0 Å². The van der Waals surface area contributed by atoms with E-state index in [9.17, 15) is 0 Å². The van der Waals surface area contributed by atoms with E-state index in [2.05, 4.69) is 0 Å². The molecule has 1 saturated heterocycles. The van der Waals surface area contributed by atoms with Gasteiger partial charge >= 0.3 is 0 Å². The second kappa shape index (κ2) is 3.91. The first-order chi connectivity index (χ1) is 4.84. The van der Waals surface area contributed by atoms with Gasteiger partial charge in [0.15, 0.2) is 0 Å². The summed E-state index contributed by atoms with van der Waals surface area (Å²) in [6.45, 7) is 4.12. The number of nitrogens with two attached hydrogens (primary N) is 1. The van der Waals surface area contributed by atoms with Crippen molar-refractivity contribution in [2.45, 2.75) is 25.6 Å². The van der Waals surface area contributed by atoms with Crippen molar-refractivity contribution in [1.29, 1.82) is 0 Å². The molecule has 0 saturated carbocycles. The van der Waals surface area contributed by atoms with Gasteiger partial charge in [-0.15, -0.1) is 0 Å². The molecule has 10 heavy (non-hydrogen) atoms. The van der Waals surface area contributed by atoms with E-state index in [4.69, 9.17) is 15.2 Å². The van der Waals surface area contributed by atoms with Crippen LogP contribution in [0.1, 0.15) is 13.3 Å². The number of hydrogen-bond acceptors (Lipinski definition) is 3. The Morgan fingerprint density at radius 1 is 1.70 bits per heavy atom. The fourth-order valence-corrected chi connectivity index (χ4v) is 1.15. The molecular formula is C7H15NO2. The van der Waals surface area contributed by atoms with Gasteiger partial charge in [0.1, 0.15) is 0 Å². The molecule has 1 heterocycles. The van der Waals surface area contributed by atoms with Gasteiger partial charge in [-0.3, -0.25) is 0 Å². The standard InChI is InChI=1S/C7H15NO2/c1-6-7(2-4-9-6)10-5-3-8/h6-7H,2-5,8H2,1H3. The molecule has 0 aliphatic carbocycles. The van der Waals surface area contributed by atoms with E-state index in [1.54, 1.807) is 0 Å². The molecule has 1 rings (SSSR count). The second-order valence-electron chi connectivity index (χ2n) is 2.56. The molecular weight excluding hydrogens is 130 g/mol. The zero-order chi connectivity index (χ0) is 7.40. The molecule has 60 valence electrons. The summed E-state index contributed by atoms with van der Waals surface area (Å²) in [7, 11) is 0. The Balaban J connectivity index is 2.14. The first kappa shape index (κ1) is 7.98. The summed E-state index contributed by atoms with van der Waals surface area (Å²) in [5.74, 6) is 0. The van der Waals surface area contributed by atoms with Crippen molar-refractivity contribution in [2.24, 2.45) is 5.73 Å². The monoisotopic (exact) mass is 145 g/mol. The molecule has 0 spiro atoms. The Kier molecular flexibility index (Phi) is 3.12. The summed E-state index contributed by atoms with van der Waals surface area (Å²) in [4.78, 5) is 0. The highest BCUT2D eigenvalue weighted by Gasteiger charge is 2.24. The highest BCUT2D eigenvalue weighted by atomic mass is 16.6. The molecule has 2 unspecified atom stereocenters. The van der Waals surface area contributed by atoms with E-state index in [1.165, 1.54) is 0 Å². The maximum atomic E-state index is 5.41. The van der Waals surface area contributed by atoms with Crippen LogP contribution in [0.2, 0.25) is 0 Å². The lowest BCUT2D eigenvalue weighted by Gasteiger charge is -2.13. The van der Waals surface area contributed by atoms with Gasteiger partial charge in [0, 0.05) is 13.2 Å². The van der Waals surface area contributed by atoms with Gasteiger partial charge in [-0.1, -0.05) is 0 Å². The van der Waals surface area contributed by atoms with Gasteiger partial charge in [-0.25, -0.2) is 0 Å². The Labute approximate surface area is 61.5 Å². The minimum Gasteiger partial charge on any atom is -0.376 e. The van der Waals surface area contributed by atoms with Gasteiger partial charge in [-0.2, -0.15) is 0 Å². The van der Waals surface area contributed by atoms with E-state index in [0.717, 1.165) is 13.0 Å². The van der Waals surface area contributed by atoms with E-state index >= 15 is 0 Å². The summed E-state index contributed by atoms with van der Waals surface area (Å²) in [5, 5.41) is 0. The summed E-state index contributed by atoms with van der Waals surface area (Å²) in [6, 6.07) is 0. The number of rotatable bonds is 3. The lowest BCUT2D eigenvalue weighted by Crippen LogP contribution is -2.24. The van der Waals surface area contributed by atoms with Crippen molar-refractivity contribution in [3.8, 4) is 0 Å². The highest BCUT2D eigenvalue weighted by Crippen LogP contribution is 2.15. The fourth-order valence-electron chi connectivity index (χ4n) is 1.15. The maximum Gasteiger partial charge on any atom is 0.0856 e. The summed E-state index contributed by atoms with van der Waals surface area (Å²) in [5.41, 5.74) is 5.29. The predicted octanol–water partition coefficient (Wildman–Crippen LogP) is 0.139. The summed E-state index contributed by atoms with van der Waals surface area (Å²) >= 11 is 0. The third-order valence-corrected chi connectivity index (χ3v) is 1.76. The van der Waals surface area contributed by atoms with Crippen molar-refractivity contribution >= 4 is 0 Å². The van der Waals surface area contributed by atoms with E-state index in [1.807, 2.05) is 6.92 Å². The summed E-state index contributed by atoms with van der Waals surface area (Å²) in [6.07, 6.45) is 1.55. The van der Waals surface area contributed by atoms with Crippen molar-refractivity contribution in [3.63, 3.8) is 0 Å². The SMILES string of the molecule is CC1OCCC1OCCN. The Bertz CT molecular complexity index is 97.6. The number of hydrogen-bond donors (Lipinski definition) is 1. The first-order valence-electron chi connectivity index (χ1n) is 3.78. The third-order valence-electron chi connectivity index (χ3n) is 1.76. The average molecular weight is 145 g/mol. The van der Waals surface area contributed by atoms with Gasteiger partial charge in [0.2, 0.25) is 0 Å². The molecule has 3 nitrogen and oxygen atoms in total. The predicted molar refractivity (Wildman–Crippen MR) is 38.8 cm³/mol. The molecule has 1 fully saturated rings. The quantitative estimate of drug-likeness (QED) is 0.614. The van der Waals surface area contributed by atoms with E-state index in [-0.39, 0.29) is 12.2 Å². The fraction of sp³-hybridized carbons (Fsp3) is 1.00. The summed E-state index contributed by atoms with van der Waals surface area (Å²) < 4.78 is 10.7. The molecule has 3 heteroatoms. The minimum atomic E-state index is 0.256. The van der Waals surface area contributed by atoms with Crippen LogP contribution in [-0.2, 0) is 9.47 Å². The molecule has 0 bridgehead atoms. The van der Waals surface area contributed by atoms with Crippen LogP contribution < -0.4 is 5.73 Å². The largest absolute Gasteiger partial charge is 0.376 e. The van der Waals surface area contributed by atoms with Crippen molar-refractivity contribution in [2.75, 3.05) is 19.8 Å². The molecule has 0 aromatic heterocycles. The van der Waals surface area contributed by atoms with Crippen molar-refractivity contribution in [1.82, 2.24) is 0 Å². The Morgan fingerprint density at radius 3 is 3.00 bits per heavy atom. The second-order valence-corrected chi connectivity index (χ2v) is 2.56. The van der Waals surface area contributed by atoms with Crippen LogP contribution in [-0.4, -0.2) is 32.0 Å². The van der Waals surface area contributed by atoms with Crippen LogP contribution in [0.4, 0.5) is 0 Å². The molecule has 1 aliphatic heterocycles. The molecule has 0 amide bonds. The lowest BCUT2D eigenvalue weighted by atomic mass is 10.2. The van der Waals surface area contributed by atoms with Crippen molar-refractivity contribution < 1.29 is 9.47 Å². The Hall–Kier alpha value is -0.120. The van der Waals surface area contributed by atoms with Crippen LogP contribution in [0.15, 0.2) is 0 Å². The molecule has 2 N–H and O–H groups in total.